The van der Waals surface area contributed by atoms with Crippen molar-refractivity contribution in [2.75, 3.05) is 26.4 Å². The van der Waals surface area contributed by atoms with Crippen LogP contribution in [0.4, 0.5) is 0 Å². The van der Waals surface area contributed by atoms with Crippen molar-refractivity contribution in [3.05, 3.63) is 24.3 Å². The highest BCUT2D eigenvalue weighted by molar-refractivity contribution is 5.70. The first-order chi connectivity index (χ1) is 32.5. The molecule has 67 heavy (non-hydrogen) atoms. The van der Waals surface area contributed by atoms with Gasteiger partial charge in [-0.1, -0.05) is 167 Å². The third-order valence-corrected chi connectivity index (χ3v) is 12.7. The lowest BCUT2D eigenvalue weighted by atomic mass is 9.98. The Morgan fingerprint density at radius 3 is 1.40 bits per heavy atom. The predicted molar refractivity (Wildman–Crippen MR) is 257 cm³/mol. The van der Waals surface area contributed by atoms with E-state index in [-0.39, 0.29) is 19.4 Å². The molecule has 2 fully saturated rings. The number of rotatable bonds is 41. The second kappa shape index (κ2) is 39.7. The number of hydrogen-bond donors (Lipinski definition) is 7. The maximum atomic E-state index is 13.0. The fraction of sp³-hybridized carbons (Fsp3) is 0.885. The molecule has 0 radical (unpaired) electrons. The molecule has 0 spiro atoms. The zero-order valence-corrected chi connectivity index (χ0v) is 41.4. The molecule has 0 amide bonds. The molecule has 0 aliphatic carbocycles. The van der Waals surface area contributed by atoms with Gasteiger partial charge in [-0.3, -0.25) is 9.59 Å². The van der Waals surface area contributed by atoms with Crippen molar-refractivity contribution in [1.29, 1.82) is 0 Å². The molecular weight excluding hydrogens is 865 g/mol. The molecule has 15 heteroatoms. The van der Waals surface area contributed by atoms with Crippen molar-refractivity contribution in [3.63, 3.8) is 0 Å². The monoisotopic (exact) mass is 959 g/mol. The Kier molecular flexibility index (Phi) is 36.2. The van der Waals surface area contributed by atoms with Crippen LogP contribution in [-0.4, -0.2) is 142 Å². The van der Waals surface area contributed by atoms with E-state index in [1.165, 1.54) is 116 Å². The maximum absolute atomic E-state index is 13.0. The molecule has 2 aliphatic rings. The van der Waals surface area contributed by atoms with E-state index in [9.17, 15) is 45.3 Å². The number of esters is 2. The van der Waals surface area contributed by atoms with Crippen molar-refractivity contribution in [3.8, 4) is 0 Å². The van der Waals surface area contributed by atoms with E-state index in [1.54, 1.807) is 0 Å². The van der Waals surface area contributed by atoms with Gasteiger partial charge in [-0.2, -0.15) is 0 Å². The summed E-state index contributed by atoms with van der Waals surface area (Å²) in [5, 5.41) is 71.9. The predicted octanol–water partition coefficient (Wildman–Crippen LogP) is 7.55. The van der Waals surface area contributed by atoms with Gasteiger partial charge in [0.05, 0.1) is 19.8 Å². The van der Waals surface area contributed by atoms with Gasteiger partial charge in [0.25, 0.3) is 0 Å². The molecule has 4 unspecified atom stereocenters. The molecule has 15 nitrogen and oxygen atoms in total. The molecule has 2 aliphatic heterocycles. The highest BCUT2D eigenvalue weighted by Gasteiger charge is 2.47. The first kappa shape index (κ1) is 61.1. The van der Waals surface area contributed by atoms with Gasteiger partial charge in [0.15, 0.2) is 18.7 Å². The molecule has 0 bridgehead atoms. The van der Waals surface area contributed by atoms with Gasteiger partial charge >= 0.3 is 11.9 Å². The van der Waals surface area contributed by atoms with E-state index in [2.05, 4.69) is 38.2 Å². The van der Waals surface area contributed by atoms with Crippen LogP contribution in [-0.2, 0) is 38.0 Å². The lowest BCUT2D eigenvalue weighted by molar-refractivity contribution is -0.332. The van der Waals surface area contributed by atoms with Gasteiger partial charge in [-0.15, -0.1) is 0 Å². The first-order valence-corrected chi connectivity index (χ1v) is 26.4. The van der Waals surface area contributed by atoms with Crippen LogP contribution < -0.4 is 0 Å². The summed E-state index contributed by atoms with van der Waals surface area (Å²) in [5.41, 5.74) is 0. The minimum Gasteiger partial charge on any atom is -0.462 e. The summed E-state index contributed by atoms with van der Waals surface area (Å²) in [4.78, 5) is 25.6. The molecular formula is C52H94O15. The zero-order valence-electron chi connectivity index (χ0n) is 41.4. The van der Waals surface area contributed by atoms with Crippen LogP contribution in [0.3, 0.4) is 0 Å². The summed E-state index contributed by atoms with van der Waals surface area (Å²) in [7, 11) is 0. The Bertz CT molecular complexity index is 1270. The summed E-state index contributed by atoms with van der Waals surface area (Å²) in [5.74, 6) is -0.973. The van der Waals surface area contributed by atoms with Gasteiger partial charge in [0.1, 0.15) is 55.4 Å². The Morgan fingerprint density at radius 2 is 0.881 bits per heavy atom. The number of aliphatic hydroxyl groups excluding tert-OH is 7. The minimum absolute atomic E-state index is 0.108. The molecule has 11 atom stereocenters. The van der Waals surface area contributed by atoms with Crippen LogP contribution in [0.1, 0.15) is 200 Å². The van der Waals surface area contributed by atoms with Crippen molar-refractivity contribution in [2.45, 2.75) is 268 Å². The highest BCUT2D eigenvalue weighted by Crippen LogP contribution is 2.26. The van der Waals surface area contributed by atoms with Gasteiger partial charge in [0, 0.05) is 12.8 Å². The Labute approximate surface area is 403 Å². The molecule has 2 rings (SSSR count). The lowest BCUT2D eigenvalue weighted by Crippen LogP contribution is -2.61. The lowest BCUT2D eigenvalue weighted by Gasteiger charge is -2.42. The van der Waals surface area contributed by atoms with Crippen molar-refractivity contribution < 1.29 is 73.8 Å². The third-order valence-electron chi connectivity index (χ3n) is 12.7. The van der Waals surface area contributed by atoms with Crippen LogP contribution in [0.5, 0.6) is 0 Å². The molecule has 0 aromatic carbocycles. The number of hydrogen-bond acceptors (Lipinski definition) is 15. The highest BCUT2D eigenvalue weighted by atomic mass is 16.7. The Morgan fingerprint density at radius 1 is 0.463 bits per heavy atom. The normalized spacial score (nSPS) is 26.1. The second-order valence-electron chi connectivity index (χ2n) is 18.7. The van der Waals surface area contributed by atoms with Crippen molar-refractivity contribution in [2.24, 2.45) is 0 Å². The summed E-state index contributed by atoms with van der Waals surface area (Å²) >= 11 is 0. The molecule has 2 saturated heterocycles. The van der Waals surface area contributed by atoms with Crippen molar-refractivity contribution in [1.82, 2.24) is 0 Å². The Balaban J connectivity index is 1.75. The molecule has 0 aromatic heterocycles. The average molecular weight is 959 g/mol. The van der Waals surface area contributed by atoms with Crippen LogP contribution >= 0.6 is 0 Å². The van der Waals surface area contributed by atoms with E-state index >= 15 is 0 Å². The SMILES string of the molecule is CCCCCCCCCCCCCCCC/C=C/CC/C=C/CCCC(=O)O[C@H](COC(=O)CCCCCCCCCC)CO[C@H]1O[C@@H](CO[C@H]2O[C@@H](CO)[C@@H](O)C(O)C2O)[C@@H](O)C(O)C1O. The largest absolute Gasteiger partial charge is 0.462 e. The van der Waals surface area contributed by atoms with Crippen LogP contribution in [0.25, 0.3) is 0 Å². The van der Waals surface area contributed by atoms with E-state index < -0.39 is 99.3 Å². The van der Waals surface area contributed by atoms with Crippen molar-refractivity contribution >= 4 is 11.9 Å². The minimum atomic E-state index is -1.77. The molecule has 392 valence electrons. The quantitative estimate of drug-likeness (QED) is 0.0178. The van der Waals surface area contributed by atoms with E-state index in [4.69, 9.17) is 28.4 Å². The number of ether oxygens (including phenoxy) is 6. The number of allylic oxidation sites excluding steroid dienone is 4. The second-order valence-corrected chi connectivity index (χ2v) is 18.7. The summed E-state index contributed by atoms with van der Waals surface area (Å²) < 4.78 is 33.4. The maximum Gasteiger partial charge on any atom is 0.306 e. The van der Waals surface area contributed by atoms with Gasteiger partial charge in [0.2, 0.25) is 0 Å². The topological polar surface area (TPSA) is 231 Å². The van der Waals surface area contributed by atoms with Crippen LogP contribution in [0, 0.1) is 0 Å². The van der Waals surface area contributed by atoms with Gasteiger partial charge in [-0.05, 0) is 44.9 Å². The summed E-state index contributed by atoms with van der Waals surface area (Å²) in [6.45, 7) is 2.53. The molecule has 2 heterocycles. The number of aliphatic hydroxyl groups is 7. The third kappa shape index (κ3) is 27.8. The average Bonchev–Trinajstić information content (AvgIpc) is 3.32. The number of carbonyl (C=O) groups excluding carboxylic acids is 2. The van der Waals surface area contributed by atoms with Crippen LogP contribution in [0.15, 0.2) is 24.3 Å². The molecule has 0 saturated carbocycles. The van der Waals surface area contributed by atoms with Gasteiger partial charge in [-0.25, -0.2) is 0 Å². The first-order valence-electron chi connectivity index (χ1n) is 26.4. The smallest absolute Gasteiger partial charge is 0.306 e. The fourth-order valence-corrected chi connectivity index (χ4v) is 8.30. The van der Waals surface area contributed by atoms with E-state index in [0.29, 0.717) is 19.3 Å². The number of carbonyl (C=O) groups is 2. The molecule has 0 aromatic rings. The summed E-state index contributed by atoms with van der Waals surface area (Å²) in [6, 6.07) is 0. The zero-order chi connectivity index (χ0) is 48.9. The Hall–Kier alpha value is -2.02. The van der Waals surface area contributed by atoms with E-state index in [1.807, 2.05) is 0 Å². The van der Waals surface area contributed by atoms with Crippen LogP contribution in [0.2, 0.25) is 0 Å². The fourth-order valence-electron chi connectivity index (χ4n) is 8.30. The standard InChI is InChI=1S/C52H94O15/c1-3-5-7-9-11-13-14-15-16-17-18-19-20-21-22-23-24-25-26-27-29-31-33-35-44(55)65-40(37-62-43(54)34-32-30-28-12-10-8-6-4-2)38-63-51-50(61)48(59)46(57)42(67-51)39-64-52-49(60)47(58)45(56)41(36-53)66-52/h23-24,27,29,40-42,45-53,56-61H,3-22,25-26,28,30-39H2,1-2H3/b24-23+,29-27+/t40-,41+,42+,45-,46-,47?,48?,49?,50?,51+,52+/m1/s1. The summed E-state index contributed by atoms with van der Waals surface area (Å²) in [6.07, 6.45) is 23.9. The van der Waals surface area contributed by atoms with Gasteiger partial charge < -0.3 is 64.2 Å². The molecule has 7 N–H and O–H groups in total. The van der Waals surface area contributed by atoms with E-state index in [0.717, 1.165) is 38.5 Å². The number of unbranched alkanes of at least 4 members (excludes halogenated alkanes) is 23.